The molecule has 174 valence electrons. The molecule has 2 aliphatic rings. The maximum absolute atomic E-state index is 13.3. The molecular weight excluding hydrogens is 428 g/mol. The Kier molecular flexibility index (Phi) is 6.55. The normalized spacial score (nSPS) is 17.6. The molecule has 0 atom stereocenters. The number of fused-ring (bicyclic) bond motifs is 1. The summed E-state index contributed by atoms with van der Waals surface area (Å²) in [6, 6.07) is 5.05. The second-order valence-corrected chi connectivity index (χ2v) is 10.2. The molecular formula is C22H32N6O3S. The van der Waals surface area contributed by atoms with Crippen LogP contribution < -0.4 is 10.1 Å². The zero-order valence-electron chi connectivity index (χ0n) is 19.3. The first-order chi connectivity index (χ1) is 15.3. The Balaban J connectivity index is 1.75. The summed E-state index contributed by atoms with van der Waals surface area (Å²) in [5, 5.41) is 7.97. The van der Waals surface area contributed by atoms with E-state index < -0.39 is 10.0 Å². The average Bonchev–Trinajstić information content (AvgIpc) is 3.09. The van der Waals surface area contributed by atoms with Gasteiger partial charge in [-0.05, 0) is 38.6 Å². The number of piperazine rings is 1. The van der Waals surface area contributed by atoms with Gasteiger partial charge in [0.05, 0.1) is 35.0 Å². The van der Waals surface area contributed by atoms with Gasteiger partial charge in [0, 0.05) is 33.2 Å². The third kappa shape index (κ3) is 4.26. The highest BCUT2D eigenvalue weighted by atomic mass is 32.2. The van der Waals surface area contributed by atoms with E-state index >= 15 is 0 Å². The molecule has 1 aromatic heterocycles. The number of likely N-dealkylation sites (N-methyl/N-ethyl adjacent to an activating group) is 1. The van der Waals surface area contributed by atoms with E-state index in [1.165, 1.54) is 0 Å². The number of nitrogens with zero attached hydrogens (tertiary/aromatic N) is 5. The molecule has 0 radical (unpaired) electrons. The van der Waals surface area contributed by atoms with Gasteiger partial charge >= 0.3 is 0 Å². The summed E-state index contributed by atoms with van der Waals surface area (Å²) in [6.07, 6.45) is 1.82. The molecule has 10 heteroatoms. The molecule has 2 aromatic rings. The van der Waals surface area contributed by atoms with Crippen LogP contribution in [0.3, 0.4) is 0 Å². The topological polar surface area (TPSA) is 92.1 Å². The first-order valence-corrected chi connectivity index (χ1v) is 12.6. The van der Waals surface area contributed by atoms with E-state index in [0.29, 0.717) is 43.4 Å². The summed E-state index contributed by atoms with van der Waals surface area (Å²) in [5.41, 5.74) is 3.51. The van der Waals surface area contributed by atoms with Gasteiger partial charge in [-0.1, -0.05) is 13.3 Å². The number of aryl methyl sites for hydroxylation is 2. The summed E-state index contributed by atoms with van der Waals surface area (Å²) >= 11 is 0. The van der Waals surface area contributed by atoms with E-state index in [1.807, 2.05) is 25.7 Å². The minimum Gasteiger partial charge on any atom is -0.493 e. The number of ether oxygens (including phenoxy) is 1. The van der Waals surface area contributed by atoms with E-state index in [9.17, 15) is 8.42 Å². The fourth-order valence-electron chi connectivity index (χ4n) is 4.13. The predicted octanol–water partition coefficient (Wildman–Crippen LogP) is 1.89. The van der Waals surface area contributed by atoms with Crippen molar-refractivity contribution in [2.45, 2.75) is 38.1 Å². The molecule has 1 N–H and O–H groups in total. The fraction of sp³-hybridized carbons (Fsp3) is 0.545. The maximum Gasteiger partial charge on any atom is 0.243 e. The van der Waals surface area contributed by atoms with Gasteiger partial charge in [-0.15, -0.1) is 0 Å². The van der Waals surface area contributed by atoms with Gasteiger partial charge in [-0.25, -0.2) is 13.4 Å². The predicted molar refractivity (Wildman–Crippen MR) is 124 cm³/mol. The molecule has 9 nitrogen and oxygen atoms in total. The average molecular weight is 461 g/mol. The Morgan fingerprint density at radius 2 is 1.88 bits per heavy atom. The SMILES string of the molecule is CCCc1nn(C)c2c1N=C(c1cc(S(=O)(=O)N3CCN(C)CC3)ccc1OCC)NC2. The molecule has 4 rings (SSSR count). The van der Waals surface area contributed by atoms with Crippen molar-refractivity contribution < 1.29 is 13.2 Å². The quantitative estimate of drug-likeness (QED) is 0.678. The summed E-state index contributed by atoms with van der Waals surface area (Å²) in [7, 11) is 0.331. The zero-order valence-corrected chi connectivity index (χ0v) is 20.1. The summed E-state index contributed by atoms with van der Waals surface area (Å²) in [5.74, 6) is 1.22. The first-order valence-electron chi connectivity index (χ1n) is 11.2. The highest BCUT2D eigenvalue weighted by molar-refractivity contribution is 7.89. The molecule has 3 heterocycles. The number of hydrogen-bond acceptors (Lipinski definition) is 7. The van der Waals surface area contributed by atoms with Crippen LogP contribution in [0, 0.1) is 0 Å². The van der Waals surface area contributed by atoms with E-state index in [1.54, 1.807) is 22.5 Å². The van der Waals surface area contributed by atoms with Crippen LogP contribution in [0.4, 0.5) is 5.69 Å². The van der Waals surface area contributed by atoms with Crippen molar-refractivity contribution in [1.29, 1.82) is 0 Å². The number of amidine groups is 1. The number of aliphatic imine (C=N–C) groups is 1. The van der Waals surface area contributed by atoms with Crippen LogP contribution in [0.1, 0.15) is 37.2 Å². The molecule has 1 aromatic carbocycles. The summed E-state index contributed by atoms with van der Waals surface area (Å²) in [4.78, 5) is 7.27. The van der Waals surface area contributed by atoms with E-state index in [-0.39, 0.29) is 4.90 Å². The number of nitrogens with one attached hydrogen (secondary N) is 1. The van der Waals surface area contributed by atoms with E-state index in [4.69, 9.17) is 9.73 Å². The van der Waals surface area contributed by atoms with Gasteiger partial charge in [-0.2, -0.15) is 9.40 Å². The highest BCUT2D eigenvalue weighted by Crippen LogP contribution is 2.32. The number of aromatic nitrogens is 2. The van der Waals surface area contributed by atoms with Gasteiger partial charge in [0.25, 0.3) is 0 Å². The van der Waals surface area contributed by atoms with Crippen molar-refractivity contribution in [3.8, 4) is 5.75 Å². The monoisotopic (exact) mass is 460 g/mol. The van der Waals surface area contributed by atoms with Gasteiger partial charge in [0.1, 0.15) is 17.3 Å². The lowest BCUT2D eigenvalue weighted by molar-refractivity contribution is 0.222. The van der Waals surface area contributed by atoms with Crippen LogP contribution >= 0.6 is 0 Å². The smallest absolute Gasteiger partial charge is 0.243 e. The molecule has 1 saturated heterocycles. The summed E-state index contributed by atoms with van der Waals surface area (Å²) < 4.78 is 35.9. The maximum atomic E-state index is 13.3. The Bertz CT molecular complexity index is 1120. The summed E-state index contributed by atoms with van der Waals surface area (Å²) in [6.45, 7) is 7.50. The van der Waals surface area contributed by atoms with Crippen LogP contribution in [0.25, 0.3) is 0 Å². The Morgan fingerprint density at radius 3 is 2.56 bits per heavy atom. The molecule has 2 aliphatic heterocycles. The van der Waals surface area contributed by atoms with Crippen molar-refractivity contribution in [1.82, 2.24) is 24.3 Å². The Labute approximate surface area is 190 Å². The van der Waals surface area contributed by atoms with Gasteiger partial charge in [0.15, 0.2) is 0 Å². The van der Waals surface area contributed by atoms with Crippen molar-refractivity contribution in [2.75, 3.05) is 39.8 Å². The molecule has 0 spiro atoms. The van der Waals surface area contributed by atoms with E-state index in [2.05, 4.69) is 22.2 Å². The van der Waals surface area contributed by atoms with Crippen LogP contribution in [0.2, 0.25) is 0 Å². The van der Waals surface area contributed by atoms with Crippen molar-refractivity contribution in [2.24, 2.45) is 12.0 Å². The lowest BCUT2D eigenvalue weighted by Crippen LogP contribution is -2.47. The van der Waals surface area contributed by atoms with Gasteiger partial charge in [-0.3, -0.25) is 4.68 Å². The molecule has 0 amide bonds. The number of benzene rings is 1. The number of rotatable bonds is 7. The van der Waals surface area contributed by atoms with Crippen molar-refractivity contribution in [3.63, 3.8) is 0 Å². The molecule has 0 aliphatic carbocycles. The minimum atomic E-state index is -3.60. The first kappa shape index (κ1) is 22.8. The van der Waals surface area contributed by atoms with Crippen molar-refractivity contribution >= 4 is 21.5 Å². The molecule has 0 unspecified atom stereocenters. The van der Waals surface area contributed by atoms with Crippen LogP contribution in [-0.4, -0.2) is 73.1 Å². The molecule has 0 saturated carbocycles. The second-order valence-electron chi connectivity index (χ2n) is 8.23. The van der Waals surface area contributed by atoms with Crippen LogP contribution in [0.15, 0.2) is 28.1 Å². The lowest BCUT2D eigenvalue weighted by Gasteiger charge is -2.31. The lowest BCUT2D eigenvalue weighted by atomic mass is 10.1. The largest absolute Gasteiger partial charge is 0.493 e. The standard InChI is InChI=1S/C22H32N6O3S/c1-5-7-18-21-19(27(4)25-18)15-23-22(24-21)17-14-16(8-9-20(17)31-6-2)32(29,30)28-12-10-26(3)11-13-28/h8-9,14H,5-7,10-13,15H2,1-4H3,(H,23,24). The third-order valence-corrected chi connectivity index (χ3v) is 7.84. The Hall–Kier alpha value is -2.43. The highest BCUT2D eigenvalue weighted by Gasteiger charge is 2.29. The number of sulfonamides is 1. The van der Waals surface area contributed by atoms with Crippen LogP contribution in [-0.2, 0) is 30.0 Å². The number of hydrogen-bond donors (Lipinski definition) is 1. The van der Waals surface area contributed by atoms with E-state index in [0.717, 1.165) is 43.0 Å². The third-order valence-electron chi connectivity index (χ3n) is 5.95. The van der Waals surface area contributed by atoms with Gasteiger partial charge < -0.3 is 15.0 Å². The zero-order chi connectivity index (χ0) is 22.9. The second kappa shape index (κ2) is 9.21. The molecule has 0 bridgehead atoms. The Morgan fingerprint density at radius 1 is 1.12 bits per heavy atom. The fourth-order valence-corrected chi connectivity index (χ4v) is 5.58. The van der Waals surface area contributed by atoms with Crippen molar-refractivity contribution in [3.05, 3.63) is 35.2 Å². The van der Waals surface area contributed by atoms with Gasteiger partial charge in [0.2, 0.25) is 10.0 Å². The molecule has 32 heavy (non-hydrogen) atoms. The van der Waals surface area contributed by atoms with Crippen LogP contribution in [0.5, 0.6) is 5.75 Å². The molecule has 1 fully saturated rings. The minimum absolute atomic E-state index is 0.260.